The fourth-order valence-corrected chi connectivity index (χ4v) is 1.03. The molecule has 0 aromatic heterocycles. The number of ether oxygens (including phenoxy) is 2. The molecule has 0 aromatic rings. The highest BCUT2D eigenvalue weighted by Gasteiger charge is 2.24. The largest absolute Gasteiger partial charge is 0.462 e. The lowest BCUT2D eigenvalue weighted by molar-refractivity contribution is -0.147. The van der Waals surface area contributed by atoms with Crippen LogP contribution in [0.4, 0.5) is 4.79 Å². The minimum absolute atomic E-state index is 0.0169. The summed E-state index contributed by atoms with van der Waals surface area (Å²) in [5, 5.41) is 0. The summed E-state index contributed by atoms with van der Waals surface area (Å²) in [7, 11) is 0. The summed E-state index contributed by atoms with van der Waals surface area (Å²) in [6.07, 6.45) is -0.591. The van der Waals surface area contributed by atoms with Gasteiger partial charge in [-0.1, -0.05) is 0 Å². The number of nitrogens with zero attached hydrogens (tertiary/aromatic N) is 1. The van der Waals surface area contributed by atoms with Gasteiger partial charge in [0.15, 0.2) is 0 Å². The lowest BCUT2D eigenvalue weighted by Crippen LogP contribution is -2.32. The molecule has 0 aliphatic carbocycles. The van der Waals surface area contributed by atoms with E-state index in [4.69, 9.17) is 4.74 Å². The molecular formula is C8H13NO4. The maximum Gasteiger partial charge on any atom is 0.410 e. The molecule has 0 spiro atoms. The van der Waals surface area contributed by atoms with Crippen LogP contribution in [0.5, 0.6) is 0 Å². The Hall–Kier alpha value is -1.26. The lowest BCUT2D eigenvalue weighted by Gasteiger charge is -2.13. The number of carbonyl (C=O) groups excluding carboxylic acids is 2. The third-order valence-corrected chi connectivity index (χ3v) is 1.53. The van der Waals surface area contributed by atoms with E-state index in [1.165, 1.54) is 4.90 Å². The van der Waals surface area contributed by atoms with Crippen molar-refractivity contribution in [2.24, 2.45) is 0 Å². The standard InChI is InChI=1S/C8H13NO4/c1-6(2)13-7(10)5-9-3-4-12-8(9)11/h6H,3-5H2,1-2H3. The van der Waals surface area contributed by atoms with Gasteiger partial charge in [0.1, 0.15) is 13.2 Å². The van der Waals surface area contributed by atoms with Crippen LogP contribution in [0.3, 0.4) is 0 Å². The van der Waals surface area contributed by atoms with Crippen molar-refractivity contribution in [2.75, 3.05) is 19.7 Å². The van der Waals surface area contributed by atoms with Crippen LogP contribution < -0.4 is 0 Å². The van der Waals surface area contributed by atoms with Gasteiger partial charge in [0.05, 0.1) is 12.6 Å². The summed E-state index contributed by atoms with van der Waals surface area (Å²) in [6, 6.07) is 0. The van der Waals surface area contributed by atoms with Gasteiger partial charge in [0, 0.05) is 0 Å². The molecule has 0 radical (unpaired) electrons. The molecule has 1 saturated heterocycles. The van der Waals surface area contributed by atoms with Crippen molar-refractivity contribution in [3.8, 4) is 0 Å². The number of esters is 1. The Labute approximate surface area is 76.6 Å². The van der Waals surface area contributed by atoms with Crippen molar-refractivity contribution in [3.05, 3.63) is 0 Å². The first-order valence-electron chi connectivity index (χ1n) is 4.21. The normalized spacial score (nSPS) is 16.2. The zero-order chi connectivity index (χ0) is 9.84. The molecule has 1 aliphatic rings. The Morgan fingerprint density at radius 2 is 2.38 bits per heavy atom. The fraction of sp³-hybridized carbons (Fsp3) is 0.750. The Bertz CT molecular complexity index is 214. The van der Waals surface area contributed by atoms with Crippen LogP contribution in [-0.2, 0) is 14.3 Å². The van der Waals surface area contributed by atoms with E-state index in [0.717, 1.165) is 0 Å². The van der Waals surface area contributed by atoms with Crippen molar-refractivity contribution < 1.29 is 19.1 Å². The predicted octanol–water partition coefficient (Wildman–Crippen LogP) is 0.390. The molecular weight excluding hydrogens is 174 g/mol. The molecule has 1 rings (SSSR count). The fourth-order valence-electron chi connectivity index (χ4n) is 1.03. The zero-order valence-electron chi connectivity index (χ0n) is 7.78. The van der Waals surface area contributed by atoms with Gasteiger partial charge in [0.25, 0.3) is 0 Å². The summed E-state index contributed by atoms with van der Waals surface area (Å²) >= 11 is 0. The molecule has 5 heteroatoms. The van der Waals surface area contributed by atoms with E-state index in [0.29, 0.717) is 13.2 Å². The quantitative estimate of drug-likeness (QED) is 0.600. The molecule has 0 unspecified atom stereocenters. The van der Waals surface area contributed by atoms with Gasteiger partial charge in [-0.05, 0) is 13.8 Å². The third kappa shape index (κ3) is 2.93. The zero-order valence-corrected chi connectivity index (χ0v) is 7.78. The molecule has 0 aromatic carbocycles. The van der Waals surface area contributed by atoms with Crippen LogP contribution in [0.1, 0.15) is 13.8 Å². The van der Waals surface area contributed by atoms with E-state index in [1.807, 2.05) is 0 Å². The van der Waals surface area contributed by atoms with Crippen molar-refractivity contribution >= 4 is 12.1 Å². The van der Waals surface area contributed by atoms with Gasteiger partial charge in [-0.3, -0.25) is 9.69 Å². The van der Waals surface area contributed by atoms with Gasteiger partial charge < -0.3 is 9.47 Å². The van der Waals surface area contributed by atoms with Crippen LogP contribution >= 0.6 is 0 Å². The van der Waals surface area contributed by atoms with Gasteiger partial charge in [-0.2, -0.15) is 0 Å². The van der Waals surface area contributed by atoms with Gasteiger partial charge in [-0.25, -0.2) is 4.79 Å². The molecule has 5 nitrogen and oxygen atoms in total. The van der Waals surface area contributed by atoms with E-state index >= 15 is 0 Å². The monoisotopic (exact) mass is 187 g/mol. The SMILES string of the molecule is CC(C)OC(=O)CN1CCOC1=O. The number of hydrogen-bond donors (Lipinski definition) is 0. The number of cyclic esters (lactones) is 1. The van der Waals surface area contributed by atoms with Crippen LogP contribution in [0.2, 0.25) is 0 Å². The first kappa shape index (κ1) is 9.83. The second-order valence-corrected chi connectivity index (χ2v) is 3.07. The predicted molar refractivity (Wildman–Crippen MR) is 44.1 cm³/mol. The number of rotatable bonds is 3. The van der Waals surface area contributed by atoms with Crippen LogP contribution in [-0.4, -0.2) is 42.8 Å². The Kier molecular flexibility index (Phi) is 3.11. The second kappa shape index (κ2) is 4.11. The Balaban J connectivity index is 2.31. The van der Waals surface area contributed by atoms with Crippen LogP contribution in [0, 0.1) is 0 Å². The van der Waals surface area contributed by atoms with Gasteiger partial charge in [-0.15, -0.1) is 0 Å². The first-order chi connectivity index (χ1) is 6.09. The maximum absolute atomic E-state index is 11.1. The topological polar surface area (TPSA) is 55.8 Å². The van der Waals surface area contributed by atoms with Crippen molar-refractivity contribution in [1.82, 2.24) is 4.90 Å². The van der Waals surface area contributed by atoms with E-state index in [1.54, 1.807) is 13.8 Å². The Morgan fingerprint density at radius 1 is 1.69 bits per heavy atom. The number of hydrogen-bond acceptors (Lipinski definition) is 4. The average Bonchev–Trinajstić information content (AvgIpc) is 2.34. The minimum atomic E-state index is -0.444. The molecule has 74 valence electrons. The summed E-state index contributed by atoms with van der Waals surface area (Å²) in [5.74, 6) is -0.395. The summed E-state index contributed by atoms with van der Waals surface area (Å²) in [5.41, 5.74) is 0. The number of amides is 1. The van der Waals surface area contributed by atoms with E-state index < -0.39 is 12.1 Å². The first-order valence-corrected chi connectivity index (χ1v) is 4.21. The van der Waals surface area contributed by atoms with Gasteiger partial charge >= 0.3 is 12.1 Å². The molecule has 0 saturated carbocycles. The third-order valence-electron chi connectivity index (χ3n) is 1.53. The number of carbonyl (C=O) groups is 2. The average molecular weight is 187 g/mol. The Morgan fingerprint density at radius 3 is 2.85 bits per heavy atom. The highest BCUT2D eigenvalue weighted by atomic mass is 16.6. The highest BCUT2D eigenvalue weighted by molar-refractivity contribution is 5.78. The highest BCUT2D eigenvalue weighted by Crippen LogP contribution is 2.03. The maximum atomic E-state index is 11.1. The molecule has 1 amide bonds. The van der Waals surface area contributed by atoms with Crippen molar-refractivity contribution in [3.63, 3.8) is 0 Å². The molecule has 13 heavy (non-hydrogen) atoms. The molecule has 1 fully saturated rings. The van der Waals surface area contributed by atoms with E-state index in [-0.39, 0.29) is 12.6 Å². The lowest BCUT2D eigenvalue weighted by atomic mass is 10.4. The smallest absolute Gasteiger partial charge is 0.410 e. The summed E-state index contributed by atoms with van der Waals surface area (Å²) < 4.78 is 9.52. The van der Waals surface area contributed by atoms with Crippen molar-refractivity contribution in [2.45, 2.75) is 20.0 Å². The minimum Gasteiger partial charge on any atom is -0.462 e. The second-order valence-electron chi connectivity index (χ2n) is 3.07. The van der Waals surface area contributed by atoms with Crippen LogP contribution in [0.25, 0.3) is 0 Å². The molecule has 1 heterocycles. The molecule has 0 N–H and O–H groups in total. The molecule has 0 bridgehead atoms. The van der Waals surface area contributed by atoms with Gasteiger partial charge in [0.2, 0.25) is 0 Å². The summed E-state index contributed by atoms with van der Waals surface area (Å²) in [6.45, 7) is 4.33. The van der Waals surface area contributed by atoms with Crippen molar-refractivity contribution in [1.29, 1.82) is 0 Å². The van der Waals surface area contributed by atoms with Crippen LogP contribution in [0.15, 0.2) is 0 Å². The van der Waals surface area contributed by atoms with E-state index in [2.05, 4.69) is 4.74 Å². The molecule has 1 aliphatic heterocycles. The molecule has 0 atom stereocenters. The summed E-state index contributed by atoms with van der Waals surface area (Å²) in [4.78, 5) is 23.3. The van der Waals surface area contributed by atoms with E-state index in [9.17, 15) is 9.59 Å².